The summed E-state index contributed by atoms with van der Waals surface area (Å²) >= 11 is 0. The summed E-state index contributed by atoms with van der Waals surface area (Å²) < 4.78 is 1.93. The maximum absolute atomic E-state index is 11.2. The Bertz CT molecular complexity index is 214. The zero-order valence-corrected chi connectivity index (χ0v) is 9.44. The molecule has 1 saturated heterocycles. The van der Waals surface area contributed by atoms with Gasteiger partial charge < -0.3 is 4.90 Å². The van der Waals surface area contributed by atoms with E-state index >= 15 is 0 Å². The van der Waals surface area contributed by atoms with Crippen LogP contribution in [-0.4, -0.2) is 42.5 Å². The van der Waals surface area contributed by atoms with Crippen LogP contribution in [-0.2, 0) is 4.79 Å². The minimum atomic E-state index is 0.230. The molecule has 1 aliphatic heterocycles. The van der Waals surface area contributed by atoms with Crippen LogP contribution in [0, 0.1) is 0 Å². The molecule has 0 amide bonds. The van der Waals surface area contributed by atoms with Crippen molar-refractivity contribution in [3.05, 3.63) is 24.9 Å². The molecule has 13 heavy (non-hydrogen) atoms. The Balaban J connectivity index is 0.000000671. The van der Waals surface area contributed by atoms with Gasteiger partial charge in [-0.05, 0) is 0 Å². The smallest absolute Gasteiger partial charge is 0.175 e. The molecule has 0 bridgehead atoms. The van der Waals surface area contributed by atoms with Gasteiger partial charge in [-0.1, -0.05) is 9.39 Å². The molecule has 1 unspecified atom stereocenters. The minimum Gasteiger partial charge on any atom is -0.383 e. The summed E-state index contributed by atoms with van der Waals surface area (Å²) in [5, 5.41) is 0. The second-order valence-corrected chi connectivity index (χ2v) is 3.68. The Morgan fingerprint density at radius 1 is 1.46 bits per heavy atom. The fraction of sp³-hybridized carbons (Fsp3) is 0.444. The summed E-state index contributed by atoms with van der Waals surface area (Å²) in [6.07, 6.45) is 1.88. The van der Waals surface area contributed by atoms with E-state index in [2.05, 4.69) is 22.5 Å². The van der Waals surface area contributed by atoms with Gasteiger partial charge in [0.1, 0.15) is 0 Å². The van der Waals surface area contributed by atoms with Crippen molar-refractivity contribution in [2.45, 2.75) is 0 Å². The average molecular weight is 200 g/mol. The van der Waals surface area contributed by atoms with Crippen molar-refractivity contribution in [3.63, 3.8) is 0 Å². The Hall–Kier alpha value is -0.660. The first kappa shape index (κ1) is 12.3. The first-order chi connectivity index (χ1) is 6.09. The minimum absolute atomic E-state index is 0.230. The lowest BCUT2D eigenvalue weighted by atomic mass is 10.2. The first-order valence-corrected chi connectivity index (χ1v) is 4.51. The molecule has 1 heterocycles. The third-order valence-electron chi connectivity index (χ3n) is 1.49. The zero-order valence-electron chi connectivity index (χ0n) is 8.29. The lowest BCUT2D eigenvalue weighted by Gasteiger charge is -2.05. The Labute approximate surface area is 82.3 Å². The van der Waals surface area contributed by atoms with E-state index in [1.165, 1.54) is 0 Å². The third-order valence-corrected chi connectivity index (χ3v) is 1.86. The van der Waals surface area contributed by atoms with E-state index in [-0.39, 0.29) is 5.78 Å². The molecule has 0 aliphatic carbocycles. The van der Waals surface area contributed by atoms with Gasteiger partial charge >= 0.3 is 0 Å². The predicted molar refractivity (Wildman–Crippen MR) is 59.3 cm³/mol. The lowest BCUT2D eigenvalue weighted by molar-refractivity contribution is -0.114. The highest BCUT2D eigenvalue weighted by Gasteiger charge is 2.21. The summed E-state index contributed by atoms with van der Waals surface area (Å²) in [5.74, 6) is 0.230. The molecule has 1 fully saturated rings. The molecule has 0 saturated carbocycles. The lowest BCUT2D eigenvalue weighted by Crippen LogP contribution is -2.07. The van der Waals surface area contributed by atoms with Gasteiger partial charge in [-0.15, -0.1) is 13.2 Å². The number of hydrogen-bond donors (Lipinski definition) is 0. The van der Waals surface area contributed by atoms with E-state index in [9.17, 15) is 4.79 Å². The highest BCUT2D eigenvalue weighted by Crippen LogP contribution is 2.14. The summed E-state index contributed by atoms with van der Waals surface area (Å²) in [4.78, 5) is 13.1. The molecule has 0 aromatic carbocycles. The standard InChI is InChI=1S/C7H13N2OP.C2H4/c1-8(2)3-6-4-9(11)5-7(6)10;1-2/h3H,4-5,11H2,1-2H3;1-2H2/b6-3-;. The first-order valence-electron chi connectivity index (χ1n) is 3.99. The number of hydrogen-bond acceptors (Lipinski definition) is 3. The molecule has 74 valence electrons. The number of ketones is 1. The molecule has 3 nitrogen and oxygen atoms in total. The highest BCUT2D eigenvalue weighted by atomic mass is 31.0. The van der Waals surface area contributed by atoms with Crippen LogP contribution < -0.4 is 0 Å². The molecule has 0 N–H and O–H groups in total. The SMILES string of the molecule is C=C.CN(C)/C=C1/CN(P)CC1=O. The van der Waals surface area contributed by atoms with Crippen molar-refractivity contribution < 1.29 is 4.79 Å². The number of nitrogens with zero attached hydrogens (tertiary/aromatic N) is 2. The number of rotatable bonds is 1. The van der Waals surface area contributed by atoms with Crippen LogP contribution in [0.1, 0.15) is 0 Å². The molecular formula is C9H17N2OP. The number of Topliss-reactive ketones (excluding diaryl/α,β-unsaturated/α-hetero) is 1. The molecule has 4 heteroatoms. The molecule has 0 aromatic rings. The summed E-state index contributed by atoms with van der Waals surface area (Å²) in [6.45, 7) is 7.28. The van der Waals surface area contributed by atoms with E-state index < -0.39 is 0 Å². The number of carbonyl (C=O) groups is 1. The van der Waals surface area contributed by atoms with Gasteiger partial charge in [0.2, 0.25) is 0 Å². The van der Waals surface area contributed by atoms with Gasteiger partial charge in [-0.2, -0.15) is 0 Å². The van der Waals surface area contributed by atoms with E-state index in [0.717, 1.165) is 12.1 Å². The van der Waals surface area contributed by atoms with Gasteiger partial charge in [0.15, 0.2) is 5.78 Å². The Morgan fingerprint density at radius 3 is 2.31 bits per heavy atom. The van der Waals surface area contributed by atoms with Crippen molar-refractivity contribution >= 4 is 15.2 Å². The van der Waals surface area contributed by atoms with Crippen LogP contribution in [0.25, 0.3) is 0 Å². The molecule has 0 radical (unpaired) electrons. The van der Waals surface area contributed by atoms with Crippen LogP contribution >= 0.6 is 9.39 Å². The molecule has 1 aliphatic rings. The van der Waals surface area contributed by atoms with Gasteiger partial charge in [0, 0.05) is 32.4 Å². The van der Waals surface area contributed by atoms with Crippen LogP contribution in [0.4, 0.5) is 0 Å². The quantitative estimate of drug-likeness (QED) is 0.357. The molecule has 0 aromatic heterocycles. The van der Waals surface area contributed by atoms with Gasteiger partial charge in [0.05, 0.1) is 6.54 Å². The van der Waals surface area contributed by atoms with Gasteiger partial charge in [-0.25, -0.2) is 0 Å². The second kappa shape index (κ2) is 5.90. The van der Waals surface area contributed by atoms with Crippen LogP contribution in [0.5, 0.6) is 0 Å². The fourth-order valence-electron chi connectivity index (χ4n) is 1.07. The van der Waals surface area contributed by atoms with Crippen molar-refractivity contribution in [1.82, 2.24) is 9.57 Å². The molecular weight excluding hydrogens is 183 g/mol. The van der Waals surface area contributed by atoms with E-state index in [0.29, 0.717) is 6.54 Å². The summed E-state index contributed by atoms with van der Waals surface area (Å²) in [6, 6.07) is 0. The monoisotopic (exact) mass is 200 g/mol. The maximum Gasteiger partial charge on any atom is 0.175 e. The Morgan fingerprint density at radius 2 is 2.00 bits per heavy atom. The van der Waals surface area contributed by atoms with Crippen LogP contribution in [0.15, 0.2) is 24.9 Å². The fourth-order valence-corrected chi connectivity index (χ4v) is 1.44. The van der Waals surface area contributed by atoms with E-state index in [4.69, 9.17) is 0 Å². The molecule has 0 spiro atoms. The normalized spacial score (nSPS) is 19.9. The van der Waals surface area contributed by atoms with Crippen molar-refractivity contribution in [3.8, 4) is 0 Å². The number of carbonyl (C=O) groups excluding carboxylic acids is 1. The third kappa shape index (κ3) is 4.20. The van der Waals surface area contributed by atoms with Gasteiger partial charge in [0.25, 0.3) is 0 Å². The van der Waals surface area contributed by atoms with Crippen molar-refractivity contribution in [2.75, 3.05) is 27.2 Å². The van der Waals surface area contributed by atoms with Gasteiger partial charge in [-0.3, -0.25) is 9.46 Å². The van der Waals surface area contributed by atoms with E-state index in [1.54, 1.807) is 0 Å². The average Bonchev–Trinajstić information content (AvgIpc) is 2.33. The van der Waals surface area contributed by atoms with Crippen LogP contribution in [0.2, 0.25) is 0 Å². The van der Waals surface area contributed by atoms with Crippen molar-refractivity contribution in [1.29, 1.82) is 0 Å². The Kier molecular flexibility index (Phi) is 5.60. The largest absolute Gasteiger partial charge is 0.383 e. The molecule has 1 atom stereocenters. The zero-order chi connectivity index (χ0) is 10.4. The predicted octanol–water partition coefficient (Wildman–Crippen LogP) is 0.909. The summed E-state index contributed by atoms with van der Waals surface area (Å²) in [7, 11) is 6.38. The second-order valence-electron chi connectivity index (χ2n) is 2.95. The topological polar surface area (TPSA) is 23.6 Å². The summed E-state index contributed by atoms with van der Waals surface area (Å²) in [5.41, 5.74) is 0.894. The maximum atomic E-state index is 11.2. The highest BCUT2D eigenvalue weighted by molar-refractivity contribution is 7.13. The van der Waals surface area contributed by atoms with E-state index in [1.807, 2.05) is 29.9 Å². The molecule has 1 rings (SSSR count). The van der Waals surface area contributed by atoms with Crippen LogP contribution in [0.3, 0.4) is 0 Å². The van der Waals surface area contributed by atoms with Crippen molar-refractivity contribution in [2.24, 2.45) is 0 Å².